The van der Waals surface area contributed by atoms with Crippen molar-refractivity contribution in [3.05, 3.63) is 46.4 Å². The topological polar surface area (TPSA) is 73.4 Å². The van der Waals surface area contributed by atoms with Gasteiger partial charge in [-0.2, -0.15) is 10.5 Å². The third kappa shape index (κ3) is 2.15. The first-order valence-corrected chi connectivity index (χ1v) is 5.47. The highest BCUT2D eigenvalue weighted by Crippen LogP contribution is 2.25. The predicted molar refractivity (Wildman–Crippen MR) is 66.6 cm³/mol. The number of rotatable bonds is 1. The van der Waals surface area contributed by atoms with Crippen LogP contribution in [0, 0.1) is 29.6 Å². The quantitative estimate of drug-likeness (QED) is 0.734. The van der Waals surface area contributed by atoms with Crippen LogP contribution in [-0.4, -0.2) is 9.97 Å². The molecule has 2 rings (SSSR count). The lowest BCUT2D eigenvalue weighted by molar-refractivity contribution is 1.15. The highest BCUT2D eigenvalue weighted by molar-refractivity contribution is 6.28. The molecule has 0 bridgehead atoms. The van der Waals surface area contributed by atoms with Gasteiger partial charge in [-0.3, -0.25) is 0 Å². The maximum Gasteiger partial charge on any atom is 0.222 e. The van der Waals surface area contributed by atoms with Gasteiger partial charge in [0.25, 0.3) is 0 Å². The van der Waals surface area contributed by atoms with E-state index < -0.39 is 0 Å². The summed E-state index contributed by atoms with van der Waals surface area (Å²) in [6, 6.07) is 9.27. The van der Waals surface area contributed by atoms with Crippen LogP contribution >= 0.6 is 11.6 Å². The Morgan fingerprint density at radius 2 is 2.00 bits per heavy atom. The van der Waals surface area contributed by atoms with E-state index in [2.05, 4.69) is 16.0 Å². The van der Waals surface area contributed by atoms with Gasteiger partial charge in [0.05, 0.1) is 29.1 Å². The number of aromatic nitrogens is 2. The van der Waals surface area contributed by atoms with E-state index >= 15 is 0 Å². The van der Waals surface area contributed by atoms with E-state index in [1.807, 2.05) is 13.0 Å². The number of halogens is 1. The fourth-order valence-corrected chi connectivity index (χ4v) is 1.78. The molecule has 0 aliphatic carbocycles. The van der Waals surface area contributed by atoms with Gasteiger partial charge in [-0.1, -0.05) is 6.07 Å². The molecule has 0 aliphatic heterocycles. The second kappa shape index (κ2) is 4.83. The van der Waals surface area contributed by atoms with Crippen molar-refractivity contribution < 1.29 is 0 Å². The molecule has 0 unspecified atom stereocenters. The summed E-state index contributed by atoms with van der Waals surface area (Å²) in [5, 5.41) is 17.9. The number of aryl methyl sites for hydroxylation is 1. The zero-order chi connectivity index (χ0) is 13.1. The first-order chi connectivity index (χ1) is 8.65. The van der Waals surface area contributed by atoms with Crippen LogP contribution in [0.4, 0.5) is 0 Å². The summed E-state index contributed by atoms with van der Waals surface area (Å²) in [4.78, 5) is 7.86. The first-order valence-electron chi connectivity index (χ1n) is 5.09. The minimum absolute atomic E-state index is 0.0905. The van der Waals surface area contributed by atoms with E-state index in [0.29, 0.717) is 16.8 Å². The molecule has 4 nitrogen and oxygen atoms in total. The lowest BCUT2D eigenvalue weighted by Crippen LogP contribution is -1.95. The lowest BCUT2D eigenvalue weighted by atomic mass is 10.0. The lowest BCUT2D eigenvalue weighted by Gasteiger charge is -2.07. The van der Waals surface area contributed by atoms with E-state index in [9.17, 15) is 0 Å². The SMILES string of the molecule is Cc1cc(C#N)ccc1-c1nc(Cl)ncc1C#N. The van der Waals surface area contributed by atoms with Crippen LogP contribution in [-0.2, 0) is 0 Å². The molecule has 0 aliphatic rings. The van der Waals surface area contributed by atoms with Crippen molar-refractivity contribution in [2.75, 3.05) is 0 Å². The van der Waals surface area contributed by atoms with Crippen LogP contribution in [0.25, 0.3) is 11.3 Å². The van der Waals surface area contributed by atoms with Gasteiger partial charge in [-0.25, -0.2) is 9.97 Å². The Labute approximate surface area is 109 Å². The second-order valence-electron chi connectivity index (χ2n) is 3.65. The summed E-state index contributed by atoms with van der Waals surface area (Å²) >= 11 is 5.75. The van der Waals surface area contributed by atoms with E-state index in [4.69, 9.17) is 22.1 Å². The van der Waals surface area contributed by atoms with Crippen LogP contribution in [0.5, 0.6) is 0 Å². The van der Waals surface area contributed by atoms with E-state index in [1.165, 1.54) is 6.20 Å². The summed E-state index contributed by atoms with van der Waals surface area (Å²) in [6.07, 6.45) is 1.39. The predicted octanol–water partition coefficient (Wildman–Crippen LogP) is 2.85. The molecule has 0 fully saturated rings. The molecule has 18 heavy (non-hydrogen) atoms. The largest absolute Gasteiger partial charge is 0.225 e. The van der Waals surface area contributed by atoms with Crippen molar-refractivity contribution in [2.24, 2.45) is 0 Å². The molecule has 1 aromatic heterocycles. The smallest absolute Gasteiger partial charge is 0.222 e. The highest BCUT2D eigenvalue weighted by atomic mass is 35.5. The molecule has 5 heteroatoms. The number of nitriles is 2. The third-order valence-corrected chi connectivity index (χ3v) is 2.67. The van der Waals surface area contributed by atoms with Crippen molar-refractivity contribution in [2.45, 2.75) is 6.92 Å². The Morgan fingerprint density at radius 3 is 2.61 bits per heavy atom. The molecule has 0 N–H and O–H groups in total. The summed E-state index contributed by atoms with van der Waals surface area (Å²) in [7, 11) is 0. The Morgan fingerprint density at radius 1 is 1.22 bits per heavy atom. The van der Waals surface area contributed by atoms with Crippen molar-refractivity contribution in [3.63, 3.8) is 0 Å². The van der Waals surface area contributed by atoms with Crippen LogP contribution in [0.2, 0.25) is 5.28 Å². The van der Waals surface area contributed by atoms with Gasteiger partial charge < -0.3 is 0 Å². The van der Waals surface area contributed by atoms with Gasteiger partial charge >= 0.3 is 0 Å². The van der Waals surface area contributed by atoms with Crippen LogP contribution in [0.1, 0.15) is 16.7 Å². The number of benzene rings is 1. The van der Waals surface area contributed by atoms with Crippen molar-refractivity contribution in [1.82, 2.24) is 9.97 Å². The minimum Gasteiger partial charge on any atom is -0.225 e. The number of hydrogen-bond donors (Lipinski definition) is 0. The molecule has 1 heterocycles. The van der Waals surface area contributed by atoms with Gasteiger partial charge in [0, 0.05) is 5.56 Å². The standard InChI is InChI=1S/C13H7ClN4/c1-8-4-9(5-15)2-3-11(8)12-10(6-16)7-17-13(14)18-12/h2-4,7H,1H3. The van der Waals surface area contributed by atoms with E-state index in [0.717, 1.165) is 11.1 Å². The molecule has 2 aromatic rings. The summed E-state index contributed by atoms with van der Waals surface area (Å²) in [5.41, 5.74) is 3.04. The van der Waals surface area contributed by atoms with Crippen molar-refractivity contribution >= 4 is 11.6 Å². The monoisotopic (exact) mass is 254 g/mol. The first kappa shape index (κ1) is 12.0. The van der Waals surface area contributed by atoms with Gasteiger partial charge in [-0.15, -0.1) is 0 Å². The van der Waals surface area contributed by atoms with Crippen molar-refractivity contribution in [1.29, 1.82) is 10.5 Å². The van der Waals surface area contributed by atoms with Gasteiger partial charge in [0.15, 0.2) is 0 Å². The average molecular weight is 255 g/mol. The molecule has 0 atom stereocenters. The molecule has 0 saturated carbocycles. The molecule has 86 valence electrons. The minimum atomic E-state index is 0.0905. The van der Waals surface area contributed by atoms with Gasteiger partial charge in [0.2, 0.25) is 5.28 Å². The summed E-state index contributed by atoms with van der Waals surface area (Å²) in [5.74, 6) is 0. The van der Waals surface area contributed by atoms with E-state index in [-0.39, 0.29) is 5.28 Å². The maximum atomic E-state index is 9.04. The van der Waals surface area contributed by atoms with E-state index in [1.54, 1.807) is 18.2 Å². The number of hydrogen-bond acceptors (Lipinski definition) is 4. The summed E-state index contributed by atoms with van der Waals surface area (Å²) < 4.78 is 0. The fourth-order valence-electron chi connectivity index (χ4n) is 1.65. The molecular formula is C13H7ClN4. The number of nitrogens with zero attached hydrogens (tertiary/aromatic N) is 4. The highest BCUT2D eigenvalue weighted by Gasteiger charge is 2.11. The molecule has 0 amide bonds. The Balaban J connectivity index is 2.67. The van der Waals surface area contributed by atoms with Crippen molar-refractivity contribution in [3.8, 4) is 23.4 Å². The zero-order valence-electron chi connectivity index (χ0n) is 9.48. The Kier molecular flexibility index (Phi) is 3.23. The van der Waals surface area contributed by atoms with Crippen LogP contribution < -0.4 is 0 Å². The normalized spacial score (nSPS) is 9.56. The molecule has 0 spiro atoms. The summed E-state index contributed by atoms with van der Waals surface area (Å²) in [6.45, 7) is 1.85. The molecule has 0 radical (unpaired) electrons. The molecule has 0 saturated heterocycles. The maximum absolute atomic E-state index is 9.04. The average Bonchev–Trinajstić information content (AvgIpc) is 2.38. The van der Waals surface area contributed by atoms with Crippen LogP contribution in [0.15, 0.2) is 24.4 Å². The molecular weight excluding hydrogens is 248 g/mol. The Bertz CT molecular complexity index is 695. The second-order valence-corrected chi connectivity index (χ2v) is 3.99. The van der Waals surface area contributed by atoms with Gasteiger partial charge in [-0.05, 0) is 36.2 Å². The Hall–Kier alpha value is -2.43. The van der Waals surface area contributed by atoms with Gasteiger partial charge in [0.1, 0.15) is 6.07 Å². The van der Waals surface area contributed by atoms with Crippen LogP contribution in [0.3, 0.4) is 0 Å². The molecule has 1 aromatic carbocycles. The fraction of sp³-hybridized carbons (Fsp3) is 0.0769. The zero-order valence-corrected chi connectivity index (χ0v) is 10.2. The third-order valence-electron chi connectivity index (χ3n) is 2.49.